The van der Waals surface area contributed by atoms with Gasteiger partial charge in [0.15, 0.2) is 0 Å². The summed E-state index contributed by atoms with van der Waals surface area (Å²) in [6.45, 7) is 0. The number of nitrogens with two attached hydrogens (primary N) is 2. The van der Waals surface area contributed by atoms with E-state index in [2.05, 4.69) is 10.1 Å². The lowest BCUT2D eigenvalue weighted by Gasteiger charge is -2.06. The minimum Gasteiger partial charge on any atom is -0.389 e. The Labute approximate surface area is 102 Å². The fourth-order valence-corrected chi connectivity index (χ4v) is 1.53. The molecule has 2 aromatic rings. The van der Waals surface area contributed by atoms with E-state index in [0.29, 0.717) is 16.8 Å². The quantitative estimate of drug-likeness (QED) is 0.744. The standard InChI is InChI=1S/C10H9N5OS/c11-9(16)6-3-14-15(5-6)8-4-13-2-1-7(8)10(12)17/h1-5H,(H2,11,16)(H2,12,17). The third kappa shape index (κ3) is 2.13. The molecule has 0 aromatic carbocycles. The van der Waals surface area contributed by atoms with Crippen LogP contribution in [0.15, 0.2) is 30.9 Å². The van der Waals surface area contributed by atoms with Crippen LogP contribution in [0, 0.1) is 0 Å². The summed E-state index contributed by atoms with van der Waals surface area (Å²) in [7, 11) is 0. The number of pyridine rings is 1. The van der Waals surface area contributed by atoms with Crippen molar-refractivity contribution < 1.29 is 4.79 Å². The summed E-state index contributed by atoms with van der Waals surface area (Å²) in [5.41, 5.74) is 12.3. The van der Waals surface area contributed by atoms with Gasteiger partial charge < -0.3 is 11.5 Å². The highest BCUT2D eigenvalue weighted by Crippen LogP contribution is 2.12. The summed E-state index contributed by atoms with van der Waals surface area (Å²) >= 11 is 4.93. The van der Waals surface area contributed by atoms with Crippen LogP contribution in [0.25, 0.3) is 5.69 Å². The lowest BCUT2D eigenvalue weighted by atomic mass is 10.2. The minimum absolute atomic E-state index is 0.235. The van der Waals surface area contributed by atoms with E-state index < -0.39 is 5.91 Å². The van der Waals surface area contributed by atoms with E-state index in [-0.39, 0.29) is 4.99 Å². The van der Waals surface area contributed by atoms with Crippen LogP contribution >= 0.6 is 12.2 Å². The normalized spacial score (nSPS) is 10.1. The molecule has 0 radical (unpaired) electrons. The molecular weight excluding hydrogens is 238 g/mol. The molecule has 4 N–H and O–H groups in total. The second-order valence-electron chi connectivity index (χ2n) is 3.29. The highest BCUT2D eigenvalue weighted by Gasteiger charge is 2.10. The third-order valence-electron chi connectivity index (χ3n) is 2.18. The number of carbonyl (C=O) groups excluding carboxylic acids is 1. The lowest BCUT2D eigenvalue weighted by Crippen LogP contribution is -2.14. The summed E-state index contributed by atoms with van der Waals surface area (Å²) in [4.78, 5) is 15.2. The molecule has 0 aliphatic carbocycles. The monoisotopic (exact) mass is 247 g/mol. The molecule has 0 atom stereocenters. The molecule has 0 saturated carbocycles. The summed E-state index contributed by atoms with van der Waals surface area (Å²) in [6, 6.07) is 1.68. The van der Waals surface area contributed by atoms with Crippen LogP contribution in [0.3, 0.4) is 0 Å². The zero-order chi connectivity index (χ0) is 12.4. The van der Waals surface area contributed by atoms with Crippen molar-refractivity contribution in [2.24, 2.45) is 11.5 Å². The van der Waals surface area contributed by atoms with Crippen molar-refractivity contribution in [2.45, 2.75) is 0 Å². The maximum absolute atomic E-state index is 11.0. The van der Waals surface area contributed by atoms with E-state index in [1.165, 1.54) is 17.1 Å². The van der Waals surface area contributed by atoms with Crippen molar-refractivity contribution in [3.05, 3.63) is 42.0 Å². The maximum atomic E-state index is 11.0. The van der Waals surface area contributed by atoms with Gasteiger partial charge in [-0.3, -0.25) is 9.78 Å². The van der Waals surface area contributed by atoms with Gasteiger partial charge in [0.25, 0.3) is 5.91 Å². The Bertz CT molecular complexity index is 592. The number of aromatic nitrogens is 3. The zero-order valence-electron chi connectivity index (χ0n) is 8.70. The molecular formula is C10H9N5OS. The number of hydrogen-bond acceptors (Lipinski definition) is 4. The Morgan fingerprint density at radius 1 is 1.35 bits per heavy atom. The first-order valence-electron chi connectivity index (χ1n) is 4.68. The molecule has 2 aromatic heterocycles. The van der Waals surface area contributed by atoms with Crippen LogP contribution < -0.4 is 11.5 Å². The molecule has 2 heterocycles. The molecule has 0 spiro atoms. The van der Waals surface area contributed by atoms with Gasteiger partial charge in [0.1, 0.15) is 4.99 Å². The topological polar surface area (TPSA) is 99.8 Å². The molecule has 0 bridgehead atoms. The van der Waals surface area contributed by atoms with Crippen molar-refractivity contribution in [2.75, 3.05) is 0 Å². The van der Waals surface area contributed by atoms with E-state index in [1.807, 2.05) is 0 Å². The second kappa shape index (κ2) is 4.30. The summed E-state index contributed by atoms with van der Waals surface area (Å²) in [6.07, 6.45) is 6.02. The highest BCUT2D eigenvalue weighted by molar-refractivity contribution is 7.80. The van der Waals surface area contributed by atoms with E-state index in [4.69, 9.17) is 23.7 Å². The van der Waals surface area contributed by atoms with Gasteiger partial charge in [-0.2, -0.15) is 5.10 Å². The van der Waals surface area contributed by atoms with Crippen molar-refractivity contribution in [3.8, 4) is 5.69 Å². The Balaban J connectivity index is 2.52. The van der Waals surface area contributed by atoms with Crippen molar-refractivity contribution in [3.63, 3.8) is 0 Å². The Kier molecular flexibility index (Phi) is 2.84. The van der Waals surface area contributed by atoms with Crippen LogP contribution in [-0.2, 0) is 0 Å². The Morgan fingerprint density at radius 3 is 2.71 bits per heavy atom. The fraction of sp³-hybridized carbons (Fsp3) is 0. The van der Waals surface area contributed by atoms with E-state index in [0.717, 1.165) is 0 Å². The smallest absolute Gasteiger partial charge is 0.251 e. The van der Waals surface area contributed by atoms with Crippen LogP contribution in [0.2, 0.25) is 0 Å². The van der Waals surface area contributed by atoms with Crippen molar-refractivity contribution in [1.29, 1.82) is 0 Å². The molecule has 7 heteroatoms. The molecule has 0 unspecified atom stereocenters. The first kappa shape index (κ1) is 11.2. The molecule has 0 saturated heterocycles. The van der Waals surface area contributed by atoms with E-state index in [1.54, 1.807) is 18.5 Å². The maximum Gasteiger partial charge on any atom is 0.251 e. The largest absolute Gasteiger partial charge is 0.389 e. The molecule has 0 aliphatic rings. The number of hydrogen-bond donors (Lipinski definition) is 2. The van der Waals surface area contributed by atoms with Gasteiger partial charge >= 0.3 is 0 Å². The third-order valence-corrected chi connectivity index (χ3v) is 2.40. The lowest BCUT2D eigenvalue weighted by molar-refractivity contribution is 0.100. The van der Waals surface area contributed by atoms with Gasteiger partial charge in [-0.05, 0) is 6.07 Å². The van der Waals surface area contributed by atoms with Gasteiger partial charge in [-0.1, -0.05) is 12.2 Å². The number of thiocarbonyl (C=S) groups is 1. The first-order chi connectivity index (χ1) is 8.09. The van der Waals surface area contributed by atoms with Crippen LogP contribution in [0.5, 0.6) is 0 Å². The summed E-state index contributed by atoms with van der Waals surface area (Å²) in [5, 5.41) is 4.01. The Morgan fingerprint density at radius 2 is 2.12 bits per heavy atom. The van der Waals surface area contributed by atoms with Gasteiger partial charge in [-0.15, -0.1) is 0 Å². The van der Waals surface area contributed by atoms with Crippen LogP contribution in [-0.4, -0.2) is 25.7 Å². The average molecular weight is 247 g/mol. The van der Waals surface area contributed by atoms with Gasteiger partial charge in [0.2, 0.25) is 0 Å². The van der Waals surface area contributed by atoms with Gasteiger partial charge in [0, 0.05) is 18.0 Å². The van der Waals surface area contributed by atoms with Crippen molar-refractivity contribution in [1.82, 2.24) is 14.8 Å². The second-order valence-corrected chi connectivity index (χ2v) is 3.73. The first-order valence-corrected chi connectivity index (χ1v) is 5.09. The Hall–Kier alpha value is -2.28. The number of nitrogens with zero attached hydrogens (tertiary/aromatic N) is 3. The predicted molar refractivity (Wildman–Crippen MR) is 65.8 cm³/mol. The van der Waals surface area contributed by atoms with E-state index in [9.17, 15) is 4.79 Å². The SMILES string of the molecule is NC(=O)c1cnn(-c2cnccc2C(N)=S)c1. The summed E-state index contributed by atoms with van der Waals surface area (Å²) in [5.74, 6) is -0.544. The molecule has 86 valence electrons. The zero-order valence-corrected chi connectivity index (χ0v) is 9.52. The highest BCUT2D eigenvalue weighted by atomic mass is 32.1. The average Bonchev–Trinajstić information content (AvgIpc) is 2.78. The molecule has 0 aliphatic heterocycles. The van der Waals surface area contributed by atoms with Crippen molar-refractivity contribution >= 4 is 23.1 Å². The number of amides is 1. The minimum atomic E-state index is -0.544. The van der Waals surface area contributed by atoms with E-state index >= 15 is 0 Å². The molecule has 6 nitrogen and oxygen atoms in total. The van der Waals surface area contributed by atoms with Gasteiger partial charge in [-0.25, -0.2) is 4.68 Å². The van der Waals surface area contributed by atoms with Crippen LogP contribution in [0.4, 0.5) is 0 Å². The molecule has 1 amide bonds. The number of rotatable bonds is 3. The van der Waals surface area contributed by atoms with Crippen LogP contribution in [0.1, 0.15) is 15.9 Å². The van der Waals surface area contributed by atoms with Gasteiger partial charge in [0.05, 0.1) is 23.6 Å². The fourth-order valence-electron chi connectivity index (χ4n) is 1.36. The summed E-state index contributed by atoms with van der Waals surface area (Å²) < 4.78 is 1.46. The molecule has 17 heavy (non-hydrogen) atoms. The number of primary amides is 1. The predicted octanol–water partition coefficient (Wildman–Crippen LogP) is 0.000400. The number of carbonyl (C=O) groups is 1. The molecule has 2 rings (SSSR count). The molecule has 0 fully saturated rings.